The fourth-order valence-corrected chi connectivity index (χ4v) is 4.00. The highest BCUT2D eigenvalue weighted by atomic mass is 32.2. The minimum atomic E-state index is -3.87. The number of non-ortho nitro benzene ring substituents is 1. The van der Waals surface area contributed by atoms with Crippen molar-refractivity contribution in [2.75, 3.05) is 10.6 Å². The second kappa shape index (κ2) is 8.39. The van der Waals surface area contributed by atoms with Crippen LogP contribution in [0.25, 0.3) is 0 Å². The van der Waals surface area contributed by atoms with Crippen LogP contribution in [0.5, 0.6) is 0 Å². The smallest absolute Gasteiger partial charge is 0.271 e. The maximum Gasteiger partial charge on any atom is 0.271 e. The van der Waals surface area contributed by atoms with E-state index in [1.54, 1.807) is 6.92 Å². The summed E-state index contributed by atoms with van der Waals surface area (Å²) in [4.78, 5) is 23.1. The molecule has 2 aromatic carbocycles. The lowest BCUT2D eigenvalue weighted by Gasteiger charge is -2.29. The number of anilines is 1. The fraction of sp³-hybridized carbons (Fsp3) is 0.316. The number of aryl methyl sites for hydroxylation is 2. The van der Waals surface area contributed by atoms with E-state index < -0.39 is 26.9 Å². The van der Waals surface area contributed by atoms with Gasteiger partial charge in [-0.25, -0.2) is 8.42 Å². The molecule has 0 saturated heterocycles. The van der Waals surface area contributed by atoms with E-state index in [1.165, 1.54) is 25.1 Å². The van der Waals surface area contributed by atoms with Crippen LogP contribution in [0, 0.1) is 24.0 Å². The number of carbonyl (C=O) groups excluding carboxylic acids is 1. The fourth-order valence-electron chi connectivity index (χ4n) is 2.77. The Morgan fingerprint density at radius 3 is 2.32 bits per heavy atom. The molecule has 0 aromatic heterocycles. The van der Waals surface area contributed by atoms with Crippen LogP contribution >= 0.6 is 0 Å². The summed E-state index contributed by atoms with van der Waals surface area (Å²) in [6, 6.07) is 10.4. The Morgan fingerprint density at radius 1 is 1.18 bits per heavy atom. The lowest BCUT2D eigenvalue weighted by Crippen LogP contribution is -2.48. The first-order valence-corrected chi connectivity index (χ1v) is 10.4. The molecule has 0 unspecified atom stereocenters. The van der Waals surface area contributed by atoms with E-state index in [0.29, 0.717) is 5.56 Å². The summed E-state index contributed by atoms with van der Waals surface area (Å²) in [6.45, 7) is 5.28. The third-order valence-electron chi connectivity index (χ3n) is 4.32. The molecule has 2 rings (SSSR count). The summed E-state index contributed by atoms with van der Waals surface area (Å²) in [5, 5.41) is 13.8. The number of amides is 1. The Hall–Kier alpha value is -2.94. The van der Waals surface area contributed by atoms with E-state index in [2.05, 4.69) is 5.32 Å². The topological polar surface area (TPSA) is 110 Å². The normalized spacial score (nSPS) is 12.3. The predicted molar refractivity (Wildman–Crippen MR) is 108 cm³/mol. The zero-order valence-electron chi connectivity index (χ0n) is 16.2. The van der Waals surface area contributed by atoms with Crippen LogP contribution in [-0.4, -0.2) is 31.5 Å². The van der Waals surface area contributed by atoms with Gasteiger partial charge in [0.25, 0.3) is 5.69 Å². The number of hydrogen-bond acceptors (Lipinski definition) is 5. The van der Waals surface area contributed by atoms with Gasteiger partial charge in [-0.15, -0.1) is 0 Å². The Kier molecular flexibility index (Phi) is 6.40. The highest BCUT2D eigenvalue weighted by Gasteiger charge is 2.31. The maximum atomic E-state index is 12.6. The van der Waals surface area contributed by atoms with Crippen molar-refractivity contribution in [1.82, 2.24) is 5.32 Å². The number of rotatable bonds is 7. The van der Waals surface area contributed by atoms with Gasteiger partial charge in [-0.2, -0.15) is 0 Å². The van der Waals surface area contributed by atoms with E-state index in [4.69, 9.17) is 0 Å². The van der Waals surface area contributed by atoms with Crippen molar-refractivity contribution in [3.63, 3.8) is 0 Å². The van der Waals surface area contributed by atoms with Crippen LogP contribution in [0.1, 0.15) is 23.6 Å². The van der Waals surface area contributed by atoms with Gasteiger partial charge >= 0.3 is 0 Å². The molecule has 0 aliphatic rings. The molecule has 150 valence electrons. The van der Waals surface area contributed by atoms with Crippen LogP contribution in [0.3, 0.4) is 0 Å². The highest BCUT2D eigenvalue weighted by molar-refractivity contribution is 7.92. The van der Waals surface area contributed by atoms with Gasteiger partial charge in [0.05, 0.1) is 16.9 Å². The second-order valence-corrected chi connectivity index (χ2v) is 8.53. The van der Waals surface area contributed by atoms with Crippen molar-refractivity contribution in [1.29, 1.82) is 0 Å². The number of hydrogen-bond donors (Lipinski definition) is 1. The van der Waals surface area contributed by atoms with Gasteiger partial charge in [-0.1, -0.05) is 35.9 Å². The lowest BCUT2D eigenvalue weighted by atomic mass is 10.1. The van der Waals surface area contributed by atoms with Crippen LogP contribution < -0.4 is 9.62 Å². The summed E-state index contributed by atoms with van der Waals surface area (Å²) in [7, 11) is -3.87. The number of nitro groups is 1. The highest BCUT2D eigenvalue weighted by Crippen LogP contribution is 2.29. The zero-order valence-corrected chi connectivity index (χ0v) is 17.0. The molecule has 0 bridgehead atoms. The minimum Gasteiger partial charge on any atom is -0.350 e. The van der Waals surface area contributed by atoms with E-state index in [-0.39, 0.29) is 17.9 Å². The molecule has 0 fully saturated rings. The number of nitrogens with one attached hydrogen (secondary N) is 1. The molecular weight excluding hydrogens is 382 g/mol. The van der Waals surface area contributed by atoms with Crippen molar-refractivity contribution in [3.8, 4) is 0 Å². The van der Waals surface area contributed by atoms with Gasteiger partial charge in [-0.05, 0) is 31.9 Å². The first kappa shape index (κ1) is 21.4. The molecule has 9 heteroatoms. The molecular formula is C19H23N3O5S. The molecule has 1 N–H and O–H groups in total. The van der Waals surface area contributed by atoms with E-state index >= 15 is 0 Å². The molecule has 0 spiro atoms. The summed E-state index contributed by atoms with van der Waals surface area (Å²) >= 11 is 0. The monoisotopic (exact) mass is 405 g/mol. The standard InChI is InChI=1S/C19H23N3O5S/c1-13-5-8-16(9-6-13)12-20-19(23)15(3)21(28(4,26)27)18-11-17(22(24)25)10-7-14(18)2/h5-11,15H,12H2,1-4H3,(H,20,23)/t15-/m1/s1. The van der Waals surface area contributed by atoms with Gasteiger partial charge in [0.1, 0.15) is 6.04 Å². The SMILES string of the molecule is Cc1ccc(CNC(=O)[C@@H](C)N(c2cc([N+](=O)[O-])ccc2C)S(C)(=O)=O)cc1. The Labute approximate surface area is 164 Å². The third kappa shape index (κ3) is 5.07. The lowest BCUT2D eigenvalue weighted by molar-refractivity contribution is -0.384. The summed E-state index contributed by atoms with van der Waals surface area (Å²) in [5.41, 5.74) is 2.34. The van der Waals surface area contributed by atoms with Crippen LogP contribution in [0.15, 0.2) is 42.5 Å². The van der Waals surface area contributed by atoms with Crippen molar-refractivity contribution in [2.45, 2.75) is 33.4 Å². The average Bonchev–Trinajstić information content (AvgIpc) is 2.61. The van der Waals surface area contributed by atoms with Gasteiger partial charge < -0.3 is 5.32 Å². The van der Waals surface area contributed by atoms with Gasteiger partial charge in [0.2, 0.25) is 15.9 Å². The van der Waals surface area contributed by atoms with Gasteiger partial charge in [0.15, 0.2) is 0 Å². The van der Waals surface area contributed by atoms with Crippen molar-refractivity contribution >= 4 is 27.3 Å². The second-order valence-electron chi connectivity index (χ2n) is 6.67. The van der Waals surface area contributed by atoms with Crippen molar-refractivity contribution in [2.24, 2.45) is 0 Å². The Morgan fingerprint density at radius 2 is 1.79 bits per heavy atom. The molecule has 1 atom stereocenters. The number of sulfonamides is 1. The Balaban J connectivity index is 2.30. The van der Waals surface area contributed by atoms with Crippen LogP contribution in [0.4, 0.5) is 11.4 Å². The molecule has 0 saturated carbocycles. The molecule has 8 nitrogen and oxygen atoms in total. The first-order chi connectivity index (χ1) is 13.0. The maximum absolute atomic E-state index is 12.6. The van der Waals surface area contributed by atoms with E-state index in [9.17, 15) is 23.3 Å². The summed E-state index contributed by atoms with van der Waals surface area (Å²) in [5.74, 6) is -0.503. The predicted octanol–water partition coefficient (Wildman–Crippen LogP) is 2.68. The van der Waals surface area contributed by atoms with Crippen LogP contribution in [0.2, 0.25) is 0 Å². The summed E-state index contributed by atoms with van der Waals surface area (Å²) < 4.78 is 25.7. The van der Waals surface area contributed by atoms with Crippen molar-refractivity contribution < 1.29 is 18.1 Å². The zero-order chi connectivity index (χ0) is 21.1. The van der Waals surface area contributed by atoms with E-state index in [1.807, 2.05) is 31.2 Å². The molecule has 0 heterocycles. The summed E-state index contributed by atoms with van der Waals surface area (Å²) in [6.07, 6.45) is 0.967. The third-order valence-corrected chi connectivity index (χ3v) is 5.54. The average molecular weight is 405 g/mol. The number of nitrogens with zero attached hydrogens (tertiary/aromatic N) is 2. The van der Waals surface area contributed by atoms with Gasteiger partial charge in [0, 0.05) is 18.7 Å². The van der Waals surface area contributed by atoms with Crippen LogP contribution in [-0.2, 0) is 21.4 Å². The number of carbonyl (C=O) groups is 1. The first-order valence-electron chi connectivity index (χ1n) is 8.58. The molecule has 0 aliphatic carbocycles. The Bertz CT molecular complexity index is 987. The molecule has 2 aromatic rings. The number of nitro benzene ring substituents is 1. The minimum absolute atomic E-state index is 0.106. The molecule has 0 aliphatic heterocycles. The van der Waals surface area contributed by atoms with Crippen molar-refractivity contribution in [3.05, 3.63) is 69.3 Å². The largest absolute Gasteiger partial charge is 0.350 e. The molecule has 28 heavy (non-hydrogen) atoms. The quantitative estimate of drug-likeness (QED) is 0.563. The molecule has 1 amide bonds. The molecule has 0 radical (unpaired) electrons. The van der Waals surface area contributed by atoms with Gasteiger partial charge in [-0.3, -0.25) is 19.2 Å². The van der Waals surface area contributed by atoms with E-state index in [0.717, 1.165) is 21.7 Å². The number of benzene rings is 2.